The van der Waals surface area contributed by atoms with Crippen molar-refractivity contribution in [3.8, 4) is 11.7 Å². The second-order valence-corrected chi connectivity index (χ2v) is 9.42. The predicted molar refractivity (Wildman–Crippen MR) is 113 cm³/mol. The van der Waals surface area contributed by atoms with Gasteiger partial charge in [-0.05, 0) is 44.2 Å². The van der Waals surface area contributed by atoms with E-state index >= 15 is 0 Å². The number of carbonyl (C=O) groups excluding carboxylic acids is 1. The van der Waals surface area contributed by atoms with Gasteiger partial charge in [-0.25, -0.2) is 9.67 Å². The monoisotopic (exact) mass is 434 g/mol. The average molecular weight is 435 g/mol. The van der Waals surface area contributed by atoms with Gasteiger partial charge in [-0.1, -0.05) is 20.8 Å². The van der Waals surface area contributed by atoms with Crippen molar-refractivity contribution in [1.29, 1.82) is 0 Å². The van der Waals surface area contributed by atoms with Crippen molar-refractivity contribution in [2.75, 3.05) is 18.1 Å². The third kappa shape index (κ3) is 4.99. The maximum Gasteiger partial charge on any atom is 0.265 e. The number of nitrogens with one attached hydrogen (secondary N) is 1. The van der Waals surface area contributed by atoms with Crippen LogP contribution in [-0.4, -0.2) is 48.1 Å². The molecule has 164 valence electrons. The highest BCUT2D eigenvalue weighted by molar-refractivity contribution is 7.77. The summed E-state index contributed by atoms with van der Waals surface area (Å²) in [5.41, 5.74) is -0.0275. The van der Waals surface area contributed by atoms with Crippen molar-refractivity contribution in [2.45, 2.75) is 46.6 Å². The molecule has 1 fully saturated rings. The first-order valence-electron chi connectivity index (χ1n) is 9.94. The smallest absolute Gasteiger partial charge is 0.265 e. The SMILES string of the molecule is CC(C)COc1ccn(-c2ccc(C(=O)NS(=O)[O-])c(N3C[C@@H](C)CC3(C)C)n2)n1. The van der Waals surface area contributed by atoms with Gasteiger partial charge in [-0.15, -0.1) is 5.10 Å². The Bertz CT molecular complexity index is 943. The van der Waals surface area contributed by atoms with Gasteiger partial charge in [-0.3, -0.25) is 13.7 Å². The molecule has 0 aromatic carbocycles. The van der Waals surface area contributed by atoms with Crippen molar-refractivity contribution in [2.24, 2.45) is 11.8 Å². The van der Waals surface area contributed by atoms with Crippen LogP contribution in [-0.2, 0) is 11.3 Å². The normalized spacial score (nSPS) is 19.2. The topological polar surface area (TPSA) is 112 Å². The third-order valence-corrected chi connectivity index (χ3v) is 5.33. The number of hydrogen-bond donors (Lipinski definition) is 1. The molecule has 1 saturated heterocycles. The zero-order valence-corrected chi connectivity index (χ0v) is 18.7. The first-order chi connectivity index (χ1) is 14.1. The summed E-state index contributed by atoms with van der Waals surface area (Å²) in [6, 6.07) is 4.97. The third-order valence-electron chi connectivity index (χ3n) is 4.97. The second-order valence-electron chi connectivity index (χ2n) is 8.74. The van der Waals surface area contributed by atoms with Crippen LogP contribution in [0.2, 0.25) is 0 Å². The van der Waals surface area contributed by atoms with Crippen LogP contribution in [0.1, 0.15) is 51.4 Å². The highest BCUT2D eigenvalue weighted by Crippen LogP contribution is 2.37. The molecule has 2 aromatic rings. The zero-order valence-electron chi connectivity index (χ0n) is 17.9. The summed E-state index contributed by atoms with van der Waals surface area (Å²) in [7, 11) is 0. The molecule has 1 aliphatic heterocycles. The van der Waals surface area contributed by atoms with Gasteiger partial charge in [0.15, 0.2) is 5.82 Å². The summed E-state index contributed by atoms with van der Waals surface area (Å²) >= 11 is -2.71. The van der Waals surface area contributed by atoms with Crippen LogP contribution in [0.25, 0.3) is 5.82 Å². The lowest BCUT2D eigenvalue weighted by molar-refractivity contribution is 0.0980. The van der Waals surface area contributed by atoms with E-state index < -0.39 is 17.2 Å². The van der Waals surface area contributed by atoms with Crippen LogP contribution >= 0.6 is 0 Å². The summed E-state index contributed by atoms with van der Waals surface area (Å²) in [5, 5.41) is 4.41. The Morgan fingerprint density at radius 2 is 2.13 bits per heavy atom. The standard InChI is InChI=1S/C20H29N5O4S/c1-13(2)12-29-17-8-9-25(22-17)16-7-6-15(19(26)23-30(27)28)18(21-16)24-11-14(3)10-20(24,4)5/h6-9,13-14H,10-12H2,1-5H3,(H,23,26)(H,27,28)/p-1/t14-/m0/s1. The number of anilines is 1. The molecule has 0 aliphatic carbocycles. The van der Waals surface area contributed by atoms with Gasteiger partial charge in [0.25, 0.3) is 5.91 Å². The molecular formula is C20H28N5O4S-. The molecule has 3 heterocycles. The number of ether oxygens (including phenoxy) is 1. The Morgan fingerprint density at radius 1 is 1.40 bits per heavy atom. The number of nitrogens with zero attached hydrogens (tertiary/aromatic N) is 4. The molecule has 1 aliphatic rings. The minimum Gasteiger partial charge on any atom is -0.755 e. The van der Waals surface area contributed by atoms with E-state index in [2.05, 4.69) is 44.6 Å². The van der Waals surface area contributed by atoms with Crippen molar-refractivity contribution < 1.29 is 18.3 Å². The largest absolute Gasteiger partial charge is 0.755 e. The molecule has 0 saturated carbocycles. The van der Waals surface area contributed by atoms with Crippen LogP contribution in [0.5, 0.6) is 5.88 Å². The number of pyridine rings is 1. The molecule has 10 heteroatoms. The molecule has 2 aromatic heterocycles. The van der Waals surface area contributed by atoms with E-state index in [-0.39, 0.29) is 11.1 Å². The Hall–Kier alpha value is -2.46. The molecule has 1 amide bonds. The molecular weight excluding hydrogens is 406 g/mol. The van der Waals surface area contributed by atoms with Crippen LogP contribution < -0.4 is 14.4 Å². The lowest BCUT2D eigenvalue weighted by Crippen LogP contribution is -2.40. The minimum atomic E-state index is -2.71. The Balaban J connectivity index is 1.99. The maximum absolute atomic E-state index is 12.5. The van der Waals surface area contributed by atoms with Crippen LogP contribution in [0.3, 0.4) is 0 Å². The summed E-state index contributed by atoms with van der Waals surface area (Å²) in [4.78, 5) is 19.3. The number of carbonyl (C=O) groups is 1. The molecule has 1 N–H and O–H groups in total. The van der Waals surface area contributed by atoms with Gasteiger partial charge < -0.3 is 14.2 Å². The van der Waals surface area contributed by atoms with E-state index in [0.717, 1.165) is 6.42 Å². The second kappa shape index (κ2) is 8.73. The van der Waals surface area contributed by atoms with E-state index in [4.69, 9.17) is 9.72 Å². The molecule has 0 spiro atoms. The number of aromatic nitrogens is 3. The van der Waals surface area contributed by atoms with Gasteiger partial charge in [-0.2, -0.15) is 0 Å². The van der Waals surface area contributed by atoms with E-state index in [9.17, 15) is 13.6 Å². The minimum absolute atomic E-state index is 0.202. The molecule has 2 atom stereocenters. The fraction of sp³-hybridized carbons (Fsp3) is 0.550. The maximum atomic E-state index is 12.5. The number of rotatable bonds is 7. The predicted octanol–water partition coefficient (Wildman–Crippen LogP) is 2.45. The van der Waals surface area contributed by atoms with E-state index in [1.165, 1.54) is 0 Å². The Morgan fingerprint density at radius 3 is 2.73 bits per heavy atom. The molecule has 1 unspecified atom stereocenters. The summed E-state index contributed by atoms with van der Waals surface area (Å²) in [6.45, 7) is 11.7. The first kappa shape index (κ1) is 22.2. The van der Waals surface area contributed by atoms with Crippen molar-refractivity contribution in [1.82, 2.24) is 19.5 Å². The van der Waals surface area contributed by atoms with Gasteiger partial charge >= 0.3 is 0 Å². The highest BCUT2D eigenvalue weighted by Gasteiger charge is 2.39. The zero-order chi connectivity index (χ0) is 22.1. The van der Waals surface area contributed by atoms with Crippen molar-refractivity contribution in [3.63, 3.8) is 0 Å². The summed E-state index contributed by atoms with van der Waals surface area (Å²) < 4.78 is 31.2. The summed E-state index contributed by atoms with van der Waals surface area (Å²) in [5.74, 6) is 1.52. The quantitative estimate of drug-likeness (QED) is 0.666. The van der Waals surface area contributed by atoms with Crippen LogP contribution in [0.15, 0.2) is 24.4 Å². The van der Waals surface area contributed by atoms with Crippen LogP contribution in [0, 0.1) is 11.8 Å². The molecule has 9 nitrogen and oxygen atoms in total. The van der Waals surface area contributed by atoms with Crippen molar-refractivity contribution >= 4 is 23.0 Å². The van der Waals surface area contributed by atoms with E-state index in [1.54, 1.807) is 29.1 Å². The molecule has 30 heavy (non-hydrogen) atoms. The lowest BCUT2D eigenvalue weighted by atomic mass is 9.97. The van der Waals surface area contributed by atoms with Gasteiger partial charge in [0.1, 0.15) is 5.82 Å². The van der Waals surface area contributed by atoms with Crippen molar-refractivity contribution in [3.05, 3.63) is 30.0 Å². The van der Waals surface area contributed by atoms with E-state index in [0.29, 0.717) is 42.5 Å². The molecule has 3 rings (SSSR count). The number of amides is 1. The molecule has 0 radical (unpaired) electrons. The first-order valence-corrected chi connectivity index (χ1v) is 11.0. The number of hydrogen-bond acceptors (Lipinski definition) is 7. The van der Waals surface area contributed by atoms with Crippen LogP contribution in [0.4, 0.5) is 5.82 Å². The molecule has 0 bridgehead atoms. The summed E-state index contributed by atoms with van der Waals surface area (Å²) in [6.07, 6.45) is 2.67. The fourth-order valence-electron chi connectivity index (χ4n) is 3.80. The Labute approximate surface area is 179 Å². The average Bonchev–Trinajstić information content (AvgIpc) is 3.22. The Kier molecular flexibility index (Phi) is 6.47. The van der Waals surface area contributed by atoms with Gasteiger partial charge in [0, 0.05) is 35.6 Å². The lowest BCUT2D eigenvalue weighted by Gasteiger charge is -2.34. The van der Waals surface area contributed by atoms with Gasteiger partial charge in [0.05, 0.1) is 12.2 Å². The fourth-order valence-corrected chi connectivity index (χ4v) is 4.06. The van der Waals surface area contributed by atoms with E-state index in [1.807, 2.05) is 4.72 Å². The highest BCUT2D eigenvalue weighted by atomic mass is 32.2. The van der Waals surface area contributed by atoms with Gasteiger partial charge in [0.2, 0.25) is 5.88 Å².